The third-order valence-corrected chi connectivity index (χ3v) is 12.2. The van der Waals surface area contributed by atoms with Crippen LogP contribution < -0.4 is 0 Å². The Morgan fingerprint density at radius 3 is 2.30 bits per heavy atom. The molecule has 0 N–H and O–H groups in total. The van der Waals surface area contributed by atoms with Gasteiger partial charge >= 0.3 is 5.97 Å². The average molecular weight is 506 g/mol. The molecule has 5 aliphatic carbocycles. The quantitative estimate of drug-likeness (QED) is 0.394. The van der Waals surface area contributed by atoms with Crippen LogP contribution >= 0.6 is 0 Å². The summed E-state index contributed by atoms with van der Waals surface area (Å²) < 4.78 is 5.36. The van der Waals surface area contributed by atoms with Gasteiger partial charge in [-0.2, -0.15) is 5.26 Å². The molecule has 37 heavy (non-hydrogen) atoms. The zero-order valence-electron chi connectivity index (χ0n) is 23.9. The Hall–Kier alpha value is -2.22. The van der Waals surface area contributed by atoms with Crippen molar-refractivity contribution in [3.63, 3.8) is 0 Å². The summed E-state index contributed by atoms with van der Waals surface area (Å²) in [5.74, 6) is -0.0760. The minimum absolute atomic E-state index is 0.0123. The molecule has 0 heterocycles. The highest BCUT2D eigenvalue weighted by atomic mass is 16.5. The zero-order valence-corrected chi connectivity index (χ0v) is 23.9. The van der Waals surface area contributed by atoms with Gasteiger partial charge in [-0.3, -0.25) is 14.4 Å². The summed E-state index contributed by atoms with van der Waals surface area (Å²) in [5.41, 5.74) is -0.595. The van der Waals surface area contributed by atoms with Crippen LogP contribution in [0.15, 0.2) is 23.3 Å². The average Bonchev–Trinajstić information content (AvgIpc) is 2.81. The molecule has 0 amide bonds. The van der Waals surface area contributed by atoms with Crippen molar-refractivity contribution >= 4 is 17.5 Å². The first-order valence-electron chi connectivity index (χ1n) is 14.1. The molecular weight excluding hydrogens is 462 g/mol. The van der Waals surface area contributed by atoms with Crippen LogP contribution in [0.2, 0.25) is 0 Å². The van der Waals surface area contributed by atoms with E-state index in [4.69, 9.17) is 4.74 Å². The number of allylic oxidation sites excluding steroid dienone is 4. The predicted molar refractivity (Wildman–Crippen MR) is 141 cm³/mol. The van der Waals surface area contributed by atoms with Crippen molar-refractivity contribution in [1.82, 2.24) is 0 Å². The number of nitriles is 1. The molecule has 200 valence electrons. The van der Waals surface area contributed by atoms with Crippen molar-refractivity contribution in [2.45, 2.75) is 87.0 Å². The largest absolute Gasteiger partial charge is 0.469 e. The second kappa shape index (κ2) is 7.90. The Kier molecular flexibility index (Phi) is 5.64. The lowest BCUT2D eigenvalue weighted by Crippen LogP contribution is -2.65. The van der Waals surface area contributed by atoms with E-state index in [-0.39, 0.29) is 63.5 Å². The molecule has 3 saturated carbocycles. The minimum Gasteiger partial charge on any atom is -0.469 e. The van der Waals surface area contributed by atoms with Gasteiger partial charge in [-0.1, -0.05) is 60.1 Å². The van der Waals surface area contributed by atoms with Gasteiger partial charge < -0.3 is 4.74 Å². The molecule has 0 aromatic carbocycles. The molecule has 8 atom stereocenters. The lowest BCUT2D eigenvalue weighted by Gasteiger charge is -2.68. The molecule has 3 fully saturated rings. The van der Waals surface area contributed by atoms with Crippen LogP contribution in [0.3, 0.4) is 0 Å². The van der Waals surface area contributed by atoms with Crippen molar-refractivity contribution in [1.29, 1.82) is 5.26 Å². The molecule has 0 bridgehead atoms. The third-order valence-electron chi connectivity index (χ3n) is 12.2. The maximum atomic E-state index is 14.3. The predicted octanol–water partition coefficient (Wildman–Crippen LogP) is 6.23. The molecule has 0 unspecified atom stereocenters. The van der Waals surface area contributed by atoms with E-state index in [0.717, 1.165) is 37.7 Å². The van der Waals surface area contributed by atoms with E-state index in [0.29, 0.717) is 6.42 Å². The highest BCUT2D eigenvalue weighted by molar-refractivity contribution is 6.04. The van der Waals surface area contributed by atoms with Crippen molar-refractivity contribution in [3.8, 4) is 6.07 Å². The fraction of sp³-hybridized carbons (Fsp3) is 0.750. The van der Waals surface area contributed by atoms with Gasteiger partial charge in [0, 0.05) is 16.7 Å². The number of nitrogens with zero attached hydrogens (tertiary/aromatic N) is 1. The van der Waals surface area contributed by atoms with E-state index in [1.54, 1.807) is 0 Å². The van der Waals surface area contributed by atoms with Crippen LogP contribution in [0, 0.1) is 68.0 Å². The van der Waals surface area contributed by atoms with Crippen LogP contribution in [0.1, 0.15) is 87.0 Å². The van der Waals surface area contributed by atoms with Gasteiger partial charge in [-0.25, -0.2) is 0 Å². The number of ketones is 2. The van der Waals surface area contributed by atoms with Gasteiger partial charge in [0.25, 0.3) is 0 Å². The van der Waals surface area contributed by atoms with Gasteiger partial charge in [-0.05, 0) is 78.6 Å². The number of Topliss-reactive ketones (excluding diaryl/α,β-unsaturated/α-hetero) is 1. The van der Waals surface area contributed by atoms with Crippen molar-refractivity contribution in [2.75, 3.05) is 7.11 Å². The number of esters is 1. The Labute approximate surface area is 222 Å². The summed E-state index contributed by atoms with van der Waals surface area (Å²) in [6, 6.07) is 2.17. The van der Waals surface area contributed by atoms with Gasteiger partial charge in [-0.15, -0.1) is 0 Å². The monoisotopic (exact) mass is 505 g/mol. The summed E-state index contributed by atoms with van der Waals surface area (Å²) in [5, 5.41) is 9.87. The van der Waals surface area contributed by atoms with Gasteiger partial charge in [0.1, 0.15) is 6.07 Å². The van der Waals surface area contributed by atoms with Crippen LogP contribution in [0.5, 0.6) is 0 Å². The van der Waals surface area contributed by atoms with E-state index in [9.17, 15) is 19.6 Å². The fourth-order valence-corrected chi connectivity index (χ4v) is 10.3. The zero-order chi connectivity index (χ0) is 27.3. The van der Waals surface area contributed by atoms with E-state index in [1.807, 2.05) is 26.0 Å². The number of rotatable bonds is 1. The van der Waals surface area contributed by atoms with Gasteiger partial charge in [0.2, 0.25) is 0 Å². The van der Waals surface area contributed by atoms with Crippen LogP contribution in [0.25, 0.3) is 0 Å². The summed E-state index contributed by atoms with van der Waals surface area (Å²) >= 11 is 0. The Bertz CT molecular complexity index is 1180. The fourth-order valence-electron chi connectivity index (χ4n) is 10.3. The lowest BCUT2D eigenvalue weighted by atomic mass is 9.35. The molecule has 5 aliphatic rings. The molecule has 0 aromatic heterocycles. The number of carbonyl (C=O) groups excluding carboxylic acids is 3. The van der Waals surface area contributed by atoms with Gasteiger partial charge in [0.15, 0.2) is 11.6 Å². The van der Waals surface area contributed by atoms with E-state index >= 15 is 0 Å². The molecule has 5 nitrogen and oxygen atoms in total. The molecule has 5 rings (SSSR count). The summed E-state index contributed by atoms with van der Waals surface area (Å²) in [6.45, 7) is 15.2. The maximum absolute atomic E-state index is 14.3. The smallest absolute Gasteiger partial charge is 0.308 e. The van der Waals surface area contributed by atoms with E-state index < -0.39 is 16.2 Å². The molecular formula is C32H43NO4. The topological polar surface area (TPSA) is 84.2 Å². The normalized spacial score (nSPS) is 45.6. The number of hydrogen-bond donors (Lipinski definition) is 0. The van der Waals surface area contributed by atoms with Crippen LogP contribution in [0.4, 0.5) is 0 Å². The standard InChI is InChI=1S/C32H43NO4/c1-28(2)11-9-19-20(15-28)25-22(34)13-24-30(5)14-18(17-33)26(35)29(3,4)23(30)10-12-31(24,6)32(25,7)16-21(19)27(36)37-8/h13-14,19-21,23,25H,9-12,15-16H2,1-8H3/t19-,20-,21+,23+,25+,30+,31-,32-/m1/s1. The minimum atomic E-state index is -0.683. The first-order chi connectivity index (χ1) is 17.1. The Morgan fingerprint density at radius 2 is 1.68 bits per heavy atom. The van der Waals surface area contributed by atoms with Crippen LogP contribution in [-0.4, -0.2) is 24.6 Å². The second-order valence-electron chi connectivity index (χ2n) is 14.9. The molecule has 0 aromatic rings. The number of ether oxygens (including phenoxy) is 1. The van der Waals surface area contributed by atoms with Crippen molar-refractivity contribution in [2.24, 2.45) is 56.7 Å². The molecule has 0 aliphatic heterocycles. The third kappa shape index (κ3) is 3.29. The SMILES string of the molecule is COC(=O)[C@H]1C[C@]2(C)[C@H](C(=O)C=C3[C@@]4(C)C=C(C#N)C(=O)C(C)(C)[C@@H]4CC[C@]32C)[C@@H]2CC(C)(C)CC[C@H]21. The summed E-state index contributed by atoms with van der Waals surface area (Å²) in [7, 11) is 1.49. The molecule has 0 radical (unpaired) electrons. The first-order valence-corrected chi connectivity index (χ1v) is 14.1. The highest BCUT2D eigenvalue weighted by Gasteiger charge is 2.69. The lowest BCUT2D eigenvalue weighted by molar-refractivity contribution is -0.179. The Balaban J connectivity index is 1.71. The first kappa shape index (κ1) is 26.4. The second-order valence-corrected chi connectivity index (χ2v) is 14.9. The van der Waals surface area contributed by atoms with Crippen LogP contribution in [-0.2, 0) is 19.1 Å². The Morgan fingerprint density at radius 1 is 1.00 bits per heavy atom. The highest BCUT2D eigenvalue weighted by Crippen LogP contribution is 2.73. The van der Waals surface area contributed by atoms with Crippen molar-refractivity contribution < 1.29 is 19.1 Å². The van der Waals surface area contributed by atoms with Gasteiger partial charge in [0.05, 0.1) is 18.6 Å². The van der Waals surface area contributed by atoms with Crippen molar-refractivity contribution in [3.05, 3.63) is 23.3 Å². The molecule has 5 heteroatoms. The summed E-state index contributed by atoms with van der Waals surface area (Å²) in [6.07, 6.45) is 9.10. The van der Waals surface area contributed by atoms with E-state index in [1.165, 1.54) is 7.11 Å². The van der Waals surface area contributed by atoms with E-state index in [2.05, 4.69) is 40.7 Å². The number of hydrogen-bond acceptors (Lipinski definition) is 5. The number of carbonyl (C=O) groups is 3. The summed E-state index contributed by atoms with van der Waals surface area (Å²) in [4.78, 5) is 40.7. The number of methoxy groups -OCH3 is 1. The molecule has 0 spiro atoms. The maximum Gasteiger partial charge on any atom is 0.308 e. The molecule has 0 saturated heterocycles. The number of fused-ring (bicyclic) bond motifs is 7.